The minimum absolute atomic E-state index is 0.339. The highest BCUT2D eigenvalue weighted by Gasteiger charge is 2.40. The maximum absolute atomic E-state index is 13.2. The van der Waals surface area contributed by atoms with Gasteiger partial charge in [-0.1, -0.05) is 6.07 Å². The molecule has 1 aromatic carbocycles. The van der Waals surface area contributed by atoms with Crippen LogP contribution < -0.4 is 11.1 Å². The van der Waals surface area contributed by atoms with Crippen LogP contribution in [-0.4, -0.2) is 18.1 Å². The van der Waals surface area contributed by atoms with Crippen LogP contribution in [0.2, 0.25) is 0 Å². The number of hydrogen-bond donors (Lipinski definition) is 2. The second-order valence-corrected chi connectivity index (χ2v) is 5.90. The molecule has 2 fully saturated rings. The molecule has 0 saturated heterocycles. The Morgan fingerprint density at radius 2 is 1.79 bits per heavy atom. The minimum atomic E-state index is -0.768. The van der Waals surface area contributed by atoms with Crippen molar-refractivity contribution in [3.05, 3.63) is 35.4 Å². The van der Waals surface area contributed by atoms with Crippen LogP contribution in [0.15, 0.2) is 18.2 Å². The number of nitrogens with one attached hydrogen (secondary N) is 1. The van der Waals surface area contributed by atoms with E-state index in [2.05, 4.69) is 5.32 Å². The van der Waals surface area contributed by atoms with Crippen LogP contribution in [0.25, 0.3) is 0 Å². The van der Waals surface area contributed by atoms with Crippen molar-refractivity contribution >= 4 is 0 Å². The Morgan fingerprint density at radius 3 is 2.47 bits per heavy atom. The topological polar surface area (TPSA) is 38.0 Å². The molecule has 0 heterocycles. The van der Waals surface area contributed by atoms with E-state index in [1.54, 1.807) is 6.07 Å². The maximum Gasteiger partial charge on any atom is 0.159 e. The largest absolute Gasteiger partial charge is 0.328 e. The Balaban J connectivity index is 1.54. The predicted octanol–water partition coefficient (Wildman–Crippen LogP) is 2.68. The lowest BCUT2D eigenvalue weighted by Gasteiger charge is -2.27. The average Bonchev–Trinajstić information content (AvgIpc) is 3.15. The van der Waals surface area contributed by atoms with Gasteiger partial charge in [0.05, 0.1) is 0 Å². The zero-order chi connectivity index (χ0) is 13.4. The molecule has 0 aliphatic heterocycles. The molecule has 0 amide bonds. The van der Waals surface area contributed by atoms with E-state index in [0.717, 1.165) is 37.7 Å². The van der Waals surface area contributed by atoms with E-state index in [4.69, 9.17) is 5.73 Å². The van der Waals surface area contributed by atoms with Gasteiger partial charge in [0.15, 0.2) is 11.6 Å². The van der Waals surface area contributed by atoms with Crippen molar-refractivity contribution < 1.29 is 8.78 Å². The average molecular weight is 266 g/mol. The van der Waals surface area contributed by atoms with Crippen molar-refractivity contribution in [3.8, 4) is 0 Å². The third-order valence-electron chi connectivity index (χ3n) is 4.38. The van der Waals surface area contributed by atoms with E-state index in [-0.39, 0.29) is 0 Å². The van der Waals surface area contributed by atoms with Crippen molar-refractivity contribution in [1.82, 2.24) is 5.32 Å². The van der Waals surface area contributed by atoms with Gasteiger partial charge >= 0.3 is 0 Å². The van der Waals surface area contributed by atoms with Crippen molar-refractivity contribution in [2.24, 2.45) is 5.73 Å². The Morgan fingerprint density at radius 1 is 1.05 bits per heavy atom. The summed E-state index contributed by atoms with van der Waals surface area (Å²) < 4.78 is 26.1. The van der Waals surface area contributed by atoms with Gasteiger partial charge in [-0.15, -0.1) is 0 Å². The van der Waals surface area contributed by atoms with Crippen molar-refractivity contribution in [2.45, 2.75) is 56.1 Å². The predicted molar refractivity (Wildman–Crippen MR) is 70.9 cm³/mol. The summed E-state index contributed by atoms with van der Waals surface area (Å²) in [6, 6.07) is 5.57. The number of benzene rings is 1. The van der Waals surface area contributed by atoms with E-state index in [9.17, 15) is 8.78 Å². The summed E-state index contributed by atoms with van der Waals surface area (Å²) in [5.74, 6) is -1.17. The monoisotopic (exact) mass is 266 g/mol. The molecule has 2 aliphatic carbocycles. The summed E-state index contributed by atoms with van der Waals surface area (Å²) in [7, 11) is 0. The highest BCUT2D eigenvalue weighted by Crippen LogP contribution is 2.42. The number of hydrogen-bond acceptors (Lipinski definition) is 2. The molecule has 4 heteroatoms. The van der Waals surface area contributed by atoms with Gasteiger partial charge in [0.1, 0.15) is 0 Å². The van der Waals surface area contributed by atoms with Gasteiger partial charge < -0.3 is 11.1 Å². The van der Waals surface area contributed by atoms with Gasteiger partial charge in [-0.25, -0.2) is 8.78 Å². The molecule has 19 heavy (non-hydrogen) atoms. The van der Waals surface area contributed by atoms with E-state index in [1.165, 1.54) is 12.1 Å². The zero-order valence-corrected chi connectivity index (χ0v) is 10.9. The molecule has 3 rings (SSSR count). The molecule has 3 N–H and O–H groups in total. The van der Waals surface area contributed by atoms with Crippen LogP contribution in [-0.2, 0) is 0 Å². The van der Waals surface area contributed by atoms with Crippen LogP contribution in [0.5, 0.6) is 0 Å². The second-order valence-electron chi connectivity index (χ2n) is 5.90. The van der Waals surface area contributed by atoms with Gasteiger partial charge in [-0.3, -0.25) is 0 Å². The molecule has 2 nitrogen and oxygen atoms in total. The molecule has 0 aromatic heterocycles. The van der Waals surface area contributed by atoms with Crippen LogP contribution in [0, 0.1) is 11.6 Å². The fourth-order valence-corrected chi connectivity index (χ4v) is 3.08. The Labute approximate surface area is 112 Å². The summed E-state index contributed by atoms with van der Waals surface area (Å²) in [5, 5.41) is 3.62. The third-order valence-corrected chi connectivity index (χ3v) is 4.38. The van der Waals surface area contributed by atoms with Crippen molar-refractivity contribution in [1.29, 1.82) is 0 Å². The summed E-state index contributed by atoms with van der Waals surface area (Å²) in [6.45, 7) is 0. The Bertz CT molecular complexity index is 455. The highest BCUT2D eigenvalue weighted by atomic mass is 19.2. The van der Waals surface area contributed by atoms with E-state index >= 15 is 0 Å². The normalized spacial score (nSPS) is 34.3. The number of rotatable bonds is 3. The summed E-state index contributed by atoms with van der Waals surface area (Å²) in [5.41, 5.74) is 6.79. The van der Waals surface area contributed by atoms with E-state index < -0.39 is 11.6 Å². The molecule has 0 spiro atoms. The summed E-state index contributed by atoms with van der Waals surface area (Å²) in [6.07, 6.45) is 5.44. The molecule has 0 bridgehead atoms. The van der Waals surface area contributed by atoms with Crippen LogP contribution >= 0.6 is 0 Å². The van der Waals surface area contributed by atoms with E-state index in [1.807, 2.05) is 0 Å². The SMILES string of the molecule is NC1CCC(N[C@@H]2C[C@H]2c2ccc(F)c(F)c2)CC1. The lowest BCUT2D eigenvalue weighted by atomic mass is 9.92. The molecule has 2 aliphatic rings. The molecule has 0 unspecified atom stereocenters. The first kappa shape index (κ1) is 13.0. The maximum atomic E-state index is 13.2. The highest BCUT2D eigenvalue weighted by molar-refractivity contribution is 5.29. The molecule has 2 saturated carbocycles. The van der Waals surface area contributed by atoms with Gasteiger partial charge in [-0.2, -0.15) is 0 Å². The van der Waals surface area contributed by atoms with Gasteiger partial charge in [-0.05, 0) is 49.8 Å². The quantitative estimate of drug-likeness (QED) is 0.882. The molecule has 1 aromatic rings. The zero-order valence-electron chi connectivity index (χ0n) is 10.9. The molecular formula is C15H20F2N2. The van der Waals surface area contributed by atoms with Gasteiger partial charge in [0, 0.05) is 24.0 Å². The lowest BCUT2D eigenvalue weighted by Crippen LogP contribution is -2.38. The number of nitrogens with two attached hydrogens (primary N) is 1. The van der Waals surface area contributed by atoms with Gasteiger partial charge in [0.2, 0.25) is 0 Å². The Hall–Kier alpha value is -1.00. The van der Waals surface area contributed by atoms with E-state index in [0.29, 0.717) is 24.0 Å². The fraction of sp³-hybridized carbons (Fsp3) is 0.600. The third kappa shape index (κ3) is 2.95. The Kier molecular flexibility index (Phi) is 3.54. The lowest BCUT2D eigenvalue weighted by molar-refractivity contribution is 0.339. The van der Waals surface area contributed by atoms with Crippen LogP contribution in [0.3, 0.4) is 0 Å². The minimum Gasteiger partial charge on any atom is -0.328 e. The van der Waals surface area contributed by atoms with Crippen LogP contribution in [0.4, 0.5) is 8.78 Å². The molecular weight excluding hydrogens is 246 g/mol. The molecule has 2 atom stereocenters. The summed E-state index contributed by atoms with van der Waals surface area (Å²) in [4.78, 5) is 0. The smallest absolute Gasteiger partial charge is 0.159 e. The molecule has 104 valence electrons. The van der Waals surface area contributed by atoms with Crippen LogP contribution in [0.1, 0.15) is 43.6 Å². The first-order valence-corrected chi connectivity index (χ1v) is 7.10. The first-order chi connectivity index (χ1) is 9.13. The second kappa shape index (κ2) is 5.17. The fourth-order valence-electron chi connectivity index (χ4n) is 3.08. The standard InChI is InChI=1S/C15H20F2N2/c16-13-6-1-9(7-14(13)17)12-8-15(12)19-11-4-2-10(18)3-5-11/h1,6-7,10-12,15,19H,2-5,8,18H2/t10?,11?,12-,15+/m0/s1. The van der Waals surface area contributed by atoms with Crippen molar-refractivity contribution in [3.63, 3.8) is 0 Å². The summed E-state index contributed by atoms with van der Waals surface area (Å²) >= 11 is 0. The number of halogens is 2. The van der Waals surface area contributed by atoms with Gasteiger partial charge in [0.25, 0.3) is 0 Å². The van der Waals surface area contributed by atoms with Crippen molar-refractivity contribution in [2.75, 3.05) is 0 Å². The molecule has 0 radical (unpaired) electrons. The first-order valence-electron chi connectivity index (χ1n) is 7.10.